The fraction of sp³-hybridized carbons (Fsp3) is 0.208. The molecule has 0 bridgehead atoms. The topological polar surface area (TPSA) is 66.9 Å². The van der Waals surface area contributed by atoms with Gasteiger partial charge in [-0.3, -0.25) is 13.9 Å². The maximum absolute atomic E-state index is 13.6. The van der Waals surface area contributed by atoms with Crippen molar-refractivity contribution in [3.05, 3.63) is 95.1 Å². The van der Waals surface area contributed by atoms with Gasteiger partial charge in [0, 0.05) is 24.1 Å². The van der Waals surface area contributed by atoms with E-state index < -0.39 is 15.6 Å². The Labute approximate surface area is 181 Å². The first-order chi connectivity index (χ1) is 14.9. The predicted octanol–water partition coefficient (Wildman–Crippen LogP) is 3.85. The monoisotopic (exact) mass is 434 g/mol. The standard InChI is InChI=1S/C24H22N2O4S/c1-17-11-13-19(14-12-17)31(28,29)25-16-15-24(18-7-4-3-5-8-18)22-20(9-6-10-21(22)25)23(27)26(24)30-2/h3-14H,15-16H2,1-2H3/t24-/m1/s1. The molecule has 1 amide bonds. The molecule has 2 aliphatic heterocycles. The average molecular weight is 435 g/mol. The molecule has 158 valence electrons. The molecular weight excluding hydrogens is 412 g/mol. The lowest BCUT2D eigenvalue weighted by atomic mass is 9.78. The summed E-state index contributed by atoms with van der Waals surface area (Å²) in [4.78, 5) is 19.1. The first-order valence-corrected chi connectivity index (χ1v) is 11.5. The molecule has 0 fully saturated rings. The molecule has 5 rings (SSSR count). The number of hydrogen-bond acceptors (Lipinski definition) is 4. The predicted molar refractivity (Wildman–Crippen MR) is 117 cm³/mol. The van der Waals surface area contributed by atoms with E-state index in [0.29, 0.717) is 23.2 Å². The van der Waals surface area contributed by atoms with Crippen LogP contribution < -0.4 is 4.31 Å². The minimum Gasteiger partial charge on any atom is -0.273 e. The second-order valence-electron chi connectivity index (χ2n) is 7.85. The molecule has 0 N–H and O–H groups in total. The number of sulfonamides is 1. The number of aryl methyl sites for hydroxylation is 1. The number of carbonyl (C=O) groups is 1. The molecule has 0 aromatic heterocycles. The van der Waals surface area contributed by atoms with E-state index in [0.717, 1.165) is 11.1 Å². The van der Waals surface area contributed by atoms with Gasteiger partial charge in [-0.2, -0.15) is 0 Å². The lowest BCUT2D eigenvalue weighted by molar-refractivity contribution is -0.148. The molecule has 1 atom stereocenters. The van der Waals surface area contributed by atoms with Crippen LogP contribution in [0.2, 0.25) is 0 Å². The molecule has 3 aromatic carbocycles. The van der Waals surface area contributed by atoms with Crippen molar-refractivity contribution in [1.82, 2.24) is 5.06 Å². The summed E-state index contributed by atoms with van der Waals surface area (Å²) >= 11 is 0. The highest BCUT2D eigenvalue weighted by atomic mass is 32.2. The number of benzene rings is 3. The lowest BCUT2D eigenvalue weighted by Gasteiger charge is -2.44. The van der Waals surface area contributed by atoms with Gasteiger partial charge in [0.15, 0.2) is 0 Å². The van der Waals surface area contributed by atoms with Crippen molar-refractivity contribution in [3.63, 3.8) is 0 Å². The van der Waals surface area contributed by atoms with E-state index in [2.05, 4.69) is 0 Å². The highest BCUT2D eigenvalue weighted by Gasteiger charge is 2.56. The molecule has 0 spiro atoms. The summed E-state index contributed by atoms with van der Waals surface area (Å²) in [6.45, 7) is 2.13. The Kier molecular flexibility index (Phi) is 4.42. The normalized spacial score (nSPS) is 20.1. The molecule has 0 unspecified atom stereocenters. The highest BCUT2D eigenvalue weighted by Crippen LogP contribution is 2.54. The van der Waals surface area contributed by atoms with Gasteiger partial charge in [0.05, 0.1) is 17.7 Å². The van der Waals surface area contributed by atoms with Crippen LogP contribution in [-0.2, 0) is 20.4 Å². The van der Waals surface area contributed by atoms with Crippen LogP contribution in [0.1, 0.15) is 33.5 Å². The van der Waals surface area contributed by atoms with Crippen LogP contribution in [0.25, 0.3) is 0 Å². The van der Waals surface area contributed by atoms with Crippen molar-refractivity contribution in [1.29, 1.82) is 0 Å². The zero-order valence-electron chi connectivity index (χ0n) is 17.3. The number of nitrogens with zero attached hydrogens (tertiary/aromatic N) is 2. The highest BCUT2D eigenvalue weighted by molar-refractivity contribution is 7.92. The molecule has 2 heterocycles. The molecule has 0 saturated heterocycles. The minimum absolute atomic E-state index is 0.217. The zero-order valence-corrected chi connectivity index (χ0v) is 18.1. The van der Waals surface area contributed by atoms with Crippen LogP contribution in [0.3, 0.4) is 0 Å². The Bertz CT molecular complexity index is 1270. The van der Waals surface area contributed by atoms with E-state index in [1.165, 1.54) is 16.5 Å². The van der Waals surface area contributed by atoms with Gasteiger partial charge in [-0.15, -0.1) is 0 Å². The second-order valence-corrected chi connectivity index (χ2v) is 9.71. The van der Waals surface area contributed by atoms with Crippen molar-refractivity contribution in [3.8, 4) is 0 Å². The van der Waals surface area contributed by atoms with E-state index >= 15 is 0 Å². The third-order valence-corrected chi connectivity index (χ3v) is 8.03. The summed E-state index contributed by atoms with van der Waals surface area (Å²) in [5.41, 5.74) is 2.66. The van der Waals surface area contributed by atoms with E-state index in [-0.39, 0.29) is 17.3 Å². The number of rotatable bonds is 4. The number of carbonyl (C=O) groups excluding carboxylic acids is 1. The second kappa shape index (κ2) is 6.93. The van der Waals surface area contributed by atoms with Gasteiger partial charge < -0.3 is 0 Å². The maximum atomic E-state index is 13.6. The van der Waals surface area contributed by atoms with Crippen LogP contribution in [0.4, 0.5) is 5.69 Å². The van der Waals surface area contributed by atoms with Crippen LogP contribution in [0.15, 0.2) is 77.7 Å². The summed E-state index contributed by atoms with van der Waals surface area (Å²) in [6.07, 6.45) is 0.381. The smallest absolute Gasteiger partial charge is 0.273 e. The molecule has 31 heavy (non-hydrogen) atoms. The maximum Gasteiger partial charge on any atom is 0.279 e. The fourth-order valence-electron chi connectivity index (χ4n) is 4.80. The summed E-state index contributed by atoms with van der Waals surface area (Å²) in [5, 5.41) is 1.40. The molecular formula is C24H22N2O4S. The Morgan fingerprint density at radius 2 is 1.65 bits per heavy atom. The largest absolute Gasteiger partial charge is 0.279 e. The third-order valence-electron chi connectivity index (χ3n) is 6.21. The minimum atomic E-state index is -3.79. The van der Waals surface area contributed by atoms with Crippen molar-refractivity contribution in [2.75, 3.05) is 18.0 Å². The summed E-state index contributed by atoms with van der Waals surface area (Å²) < 4.78 is 28.6. The van der Waals surface area contributed by atoms with E-state index in [9.17, 15) is 13.2 Å². The van der Waals surface area contributed by atoms with Crippen molar-refractivity contribution >= 4 is 21.6 Å². The Morgan fingerprint density at radius 1 is 0.935 bits per heavy atom. The number of amides is 1. The average Bonchev–Trinajstić information content (AvgIpc) is 3.04. The number of hydroxylamine groups is 2. The Balaban J connectivity index is 1.75. The number of anilines is 1. The molecule has 3 aromatic rings. The van der Waals surface area contributed by atoms with Gasteiger partial charge >= 0.3 is 0 Å². The van der Waals surface area contributed by atoms with Crippen LogP contribution in [-0.4, -0.2) is 33.0 Å². The quantitative estimate of drug-likeness (QED) is 0.626. The van der Waals surface area contributed by atoms with Crippen molar-refractivity contribution < 1.29 is 18.0 Å². The van der Waals surface area contributed by atoms with Crippen LogP contribution in [0.5, 0.6) is 0 Å². The molecule has 6 nitrogen and oxygen atoms in total. The summed E-state index contributed by atoms with van der Waals surface area (Å²) in [6, 6.07) is 21.7. The van der Waals surface area contributed by atoms with E-state index in [1.807, 2.05) is 37.3 Å². The Hall–Kier alpha value is -3.16. The SMILES string of the molecule is CON1C(=O)c2cccc3c2[C@]1(c1ccccc1)CCN3S(=O)(=O)c1ccc(C)cc1. The molecule has 2 aliphatic rings. The zero-order chi connectivity index (χ0) is 21.8. The van der Waals surface area contributed by atoms with E-state index in [1.54, 1.807) is 42.5 Å². The van der Waals surface area contributed by atoms with Gasteiger partial charge in [0.2, 0.25) is 0 Å². The molecule has 0 radical (unpaired) electrons. The summed E-state index contributed by atoms with van der Waals surface area (Å²) in [5.74, 6) is -0.266. The first kappa shape index (κ1) is 19.8. The fourth-order valence-corrected chi connectivity index (χ4v) is 6.28. The summed E-state index contributed by atoms with van der Waals surface area (Å²) in [7, 11) is -2.32. The molecule has 0 aliphatic carbocycles. The Morgan fingerprint density at radius 3 is 2.32 bits per heavy atom. The molecule has 7 heteroatoms. The van der Waals surface area contributed by atoms with Crippen molar-refractivity contribution in [2.24, 2.45) is 0 Å². The van der Waals surface area contributed by atoms with Crippen LogP contribution in [0, 0.1) is 6.92 Å². The first-order valence-electron chi connectivity index (χ1n) is 10.1. The van der Waals surface area contributed by atoms with Crippen LogP contribution >= 0.6 is 0 Å². The molecule has 0 saturated carbocycles. The van der Waals surface area contributed by atoms with Gasteiger partial charge in [0.25, 0.3) is 15.9 Å². The van der Waals surface area contributed by atoms with Gasteiger partial charge in [-0.1, -0.05) is 54.1 Å². The number of hydrogen-bond donors (Lipinski definition) is 0. The van der Waals surface area contributed by atoms with E-state index in [4.69, 9.17) is 4.84 Å². The van der Waals surface area contributed by atoms with Crippen molar-refractivity contribution in [2.45, 2.75) is 23.8 Å². The van der Waals surface area contributed by atoms with Gasteiger partial charge in [-0.25, -0.2) is 13.5 Å². The van der Waals surface area contributed by atoms with Gasteiger partial charge in [0.1, 0.15) is 5.54 Å². The van der Waals surface area contributed by atoms with Gasteiger partial charge in [-0.05, 0) is 36.8 Å². The third kappa shape index (κ3) is 2.66. The lowest BCUT2D eigenvalue weighted by Crippen LogP contribution is -2.50.